The first kappa shape index (κ1) is 16.8. The van der Waals surface area contributed by atoms with Crippen molar-refractivity contribution in [1.82, 2.24) is 10.2 Å². The molecule has 5 heteroatoms. The molecule has 1 N–H and O–H groups in total. The Kier molecular flexibility index (Phi) is 5.38. The van der Waals surface area contributed by atoms with Crippen molar-refractivity contribution in [2.45, 2.75) is 12.5 Å². The Bertz CT molecular complexity index is 716. The number of hydrogen-bond acceptors (Lipinski definition) is 3. The third kappa shape index (κ3) is 3.71. The highest BCUT2D eigenvalue weighted by molar-refractivity contribution is 6.31. The molecule has 2 aromatic carbocycles. The number of nitrogens with one attached hydrogen (secondary N) is 1. The lowest BCUT2D eigenvalue weighted by Crippen LogP contribution is -2.46. The van der Waals surface area contributed by atoms with Gasteiger partial charge in [-0.15, -0.1) is 0 Å². The molecule has 1 unspecified atom stereocenters. The second-order valence-corrected chi connectivity index (χ2v) is 6.25. The van der Waals surface area contributed by atoms with Gasteiger partial charge in [0, 0.05) is 18.1 Å². The van der Waals surface area contributed by atoms with E-state index in [4.69, 9.17) is 16.3 Å². The van der Waals surface area contributed by atoms with Gasteiger partial charge in [-0.1, -0.05) is 41.9 Å². The SMILES string of the molecule is COc1cccc(C(NCC(=O)N2CCC2)c2ccccc2Cl)c1. The molecular weight excluding hydrogens is 324 g/mol. The Morgan fingerprint density at radius 2 is 2.04 bits per heavy atom. The van der Waals surface area contributed by atoms with Crippen LogP contribution in [0.3, 0.4) is 0 Å². The van der Waals surface area contributed by atoms with E-state index in [1.165, 1.54) is 0 Å². The first-order valence-electron chi connectivity index (χ1n) is 8.08. The molecule has 4 nitrogen and oxygen atoms in total. The number of rotatable bonds is 6. The average molecular weight is 345 g/mol. The van der Waals surface area contributed by atoms with E-state index in [2.05, 4.69) is 5.32 Å². The van der Waals surface area contributed by atoms with Gasteiger partial charge in [-0.25, -0.2) is 0 Å². The fourth-order valence-corrected chi connectivity index (χ4v) is 3.05. The molecule has 1 aliphatic heterocycles. The van der Waals surface area contributed by atoms with Gasteiger partial charge < -0.3 is 9.64 Å². The normalized spacial score (nSPS) is 14.8. The van der Waals surface area contributed by atoms with Crippen LogP contribution < -0.4 is 10.1 Å². The molecule has 1 fully saturated rings. The molecule has 0 bridgehead atoms. The van der Waals surface area contributed by atoms with Crippen LogP contribution in [-0.2, 0) is 4.79 Å². The van der Waals surface area contributed by atoms with E-state index in [1.807, 2.05) is 53.4 Å². The third-order valence-electron chi connectivity index (χ3n) is 4.31. The lowest BCUT2D eigenvalue weighted by Gasteiger charge is -2.32. The molecule has 1 heterocycles. The molecule has 1 atom stereocenters. The van der Waals surface area contributed by atoms with Crippen molar-refractivity contribution in [2.24, 2.45) is 0 Å². The van der Waals surface area contributed by atoms with Crippen molar-refractivity contribution in [3.05, 3.63) is 64.7 Å². The van der Waals surface area contributed by atoms with E-state index in [9.17, 15) is 4.79 Å². The number of benzene rings is 2. The highest BCUT2D eigenvalue weighted by Gasteiger charge is 2.23. The Morgan fingerprint density at radius 1 is 1.25 bits per heavy atom. The average Bonchev–Trinajstić information content (AvgIpc) is 2.55. The summed E-state index contributed by atoms with van der Waals surface area (Å²) in [6, 6.07) is 15.4. The quantitative estimate of drug-likeness (QED) is 0.874. The van der Waals surface area contributed by atoms with E-state index >= 15 is 0 Å². The molecule has 24 heavy (non-hydrogen) atoms. The van der Waals surface area contributed by atoms with Gasteiger partial charge in [0.2, 0.25) is 5.91 Å². The number of amides is 1. The summed E-state index contributed by atoms with van der Waals surface area (Å²) in [4.78, 5) is 14.1. The van der Waals surface area contributed by atoms with Crippen LogP contribution in [0.1, 0.15) is 23.6 Å². The van der Waals surface area contributed by atoms with E-state index in [0.717, 1.165) is 36.4 Å². The molecule has 126 valence electrons. The molecule has 3 rings (SSSR count). The van der Waals surface area contributed by atoms with E-state index in [-0.39, 0.29) is 18.5 Å². The van der Waals surface area contributed by atoms with Gasteiger partial charge >= 0.3 is 0 Å². The van der Waals surface area contributed by atoms with Crippen LogP contribution >= 0.6 is 11.6 Å². The number of likely N-dealkylation sites (tertiary alicyclic amines) is 1. The topological polar surface area (TPSA) is 41.6 Å². The maximum absolute atomic E-state index is 12.2. The maximum atomic E-state index is 12.2. The van der Waals surface area contributed by atoms with Crippen LogP contribution in [0, 0.1) is 0 Å². The Morgan fingerprint density at radius 3 is 2.71 bits per heavy atom. The molecule has 0 aliphatic carbocycles. The minimum atomic E-state index is -0.168. The van der Waals surface area contributed by atoms with Gasteiger partial charge in [-0.05, 0) is 35.7 Å². The lowest BCUT2D eigenvalue weighted by molar-refractivity contribution is -0.133. The van der Waals surface area contributed by atoms with Crippen molar-refractivity contribution in [3.8, 4) is 5.75 Å². The summed E-state index contributed by atoms with van der Waals surface area (Å²) < 4.78 is 5.33. The highest BCUT2D eigenvalue weighted by Crippen LogP contribution is 2.30. The van der Waals surface area contributed by atoms with Crippen molar-refractivity contribution in [1.29, 1.82) is 0 Å². The van der Waals surface area contributed by atoms with Crippen molar-refractivity contribution < 1.29 is 9.53 Å². The van der Waals surface area contributed by atoms with Gasteiger partial charge in [-0.3, -0.25) is 10.1 Å². The minimum absolute atomic E-state index is 0.126. The largest absolute Gasteiger partial charge is 0.497 e. The van der Waals surface area contributed by atoms with Crippen molar-refractivity contribution in [2.75, 3.05) is 26.7 Å². The predicted molar refractivity (Wildman–Crippen MR) is 95.5 cm³/mol. The zero-order valence-electron chi connectivity index (χ0n) is 13.7. The van der Waals surface area contributed by atoms with Crippen LogP contribution in [0.25, 0.3) is 0 Å². The molecular formula is C19H21ClN2O2. The van der Waals surface area contributed by atoms with Crippen LogP contribution in [-0.4, -0.2) is 37.6 Å². The fraction of sp³-hybridized carbons (Fsp3) is 0.316. The van der Waals surface area contributed by atoms with Crippen LogP contribution in [0.4, 0.5) is 0 Å². The number of methoxy groups -OCH3 is 1. The smallest absolute Gasteiger partial charge is 0.236 e. The summed E-state index contributed by atoms with van der Waals surface area (Å²) in [6.07, 6.45) is 1.09. The summed E-state index contributed by atoms with van der Waals surface area (Å²) in [5, 5.41) is 4.04. The Hall–Kier alpha value is -2.04. The summed E-state index contributed by atoms with van der Waals surface area (Å²) in [6.45, 7) is 2.00. The Balaban J connectivity index is 1.85. The Labute approximate surface area is 147 Å². The number of hydrogen-bond donors (Lipinski definition) is 1. The van der Waals surface area contributed by atoms with E-state index < -0.39 is 0 Å². The molecule has 1 amide bonds. The molecule has 0 radical (unpaired) electrons. The summed E-state index contributed by atoms with van der Waals surface area (Å²) in [5.74, 6) is 0.904. The van der Waals surface area contributed by atoms with Gasteiger partial charge in [0.1, 0.15) is 5.75 Å². The number of carbonyl (C=O) groups is 1. The number of carbonyl (C=O) groups excluding carboxylic acids is 1. The van der Waals surface area contributed by atoms with Crippen molar-refractivity contribution in [3.63, 3.8) is 0 Å². The summed E-state index contributed by atoms with van der Waals surface area (Å²) >= 11 is 6.39. The number of halogens is 1. The van der Waals surface area contributed by atoms with Gasteiger partial charge in [0.05, 0.1) is 19.7 Å². The third-order valence-corrected chi connectivity index (χ3v) is 4.65. The monoisotopic (exact) mass is 344 g/mol. The van der Waals surface area contributed by atoms with E-state index in [0.29, 0.717) is 5.02 Å². The van der Waals surface area contributed by atoms with Crippen LogP contribution in [0.15, 0.2) is 48.5 Å². The molecule has 0 saturated carbocycles. The first-order valence-corrected chi connectivity index (χ1v) is 8.46. The fourth-order valence-electron chi connectivity index (χ4n) is 2.80. The minimum Gasteiger partial charge on any atom is -0.497 e. The maximum Gasteiger partial charge on any atom is 0.236 e. The second kappa shape index (κ2) is 7.69. The number of ether oxygens (including phenoxy) is 1. The second-order valence-electron chi connectivity index (χ2n) is 5.85. The van der Waals surface area contributed by atoms with Gasteiger partial charge in [-0.2, -0.15) is 0 Å². The molecule has 0 spiro atoms. The summed E-state index contributed by atoms with van der Waals surface area (Å²) in [5.41, 5.74) is 1.96. The summed E-state index contributed by atoms with van der Waals surface area (Å²) in [7, 11) is 1.64. The number of nitrogens with zero attached hydrogens (tertiary/aromatic N) is 1. The van der Waals surface area contributed by atoms with E-state index in [1.54, 1.807) is 7.11 Å². The zero-order chi connectivity index (χ0) is 16.9. The lowest BCUT2D eigenvalue weighted by atomic mass is 9.98. The molecule has 1 aliphatic rings. The molecule has 0 aromatic heterocycles. The molecule has 1 saturated heterocycles. The van der Waals surface area contributed by atoms with Gasteiger partial charge in [0.25, 0.3) is 0 Å². The van der Waals surface area contributed by atoms with Crippen LogP contribution in [0.5, 0.6) is 5.75 Å². The van der Waals surface area contributed by atoms with Crippen molar-refractivity contribution >= 4 is 17.5 Å². The predicted octanol–water partition coefficient (Wildman–Crippen LogP) is 3.26. The van der Waals surface area contributed by atoms with Gasteiger partial charge in [0.15, 0.2) is 0 Å². The molecule has 2 aromatic rings. The first-order chi connectivity index (χ1) is 11.7. The highest BCUT2D eigenvalue weighted by atomic mass is 35.5. The standard InChI is InChI=1S/C19H21ClN2O2/c1-24-15-7-4-6-14(12-15)19(16-8-2-3-9-17(16)20)21-13-18(23)22-10-5-11-22/h2-4,6-9,12,19,21H,5,10-11,13H2,1H3. The zero-order valence-corrected chi connectivity index (χ0v) is 14.4. The van der Waals surface area contributed by atoms with Crippen LogP contribution in [0.2, 0.25) is 5.02 Å².